The predicted octanol–water partition coefficient (Wildman–Crippen LogP) is 3.24. The highest BCUT2D eigenvalue weighted by atomic mass is 35.5. The van der Waals surface area contributed by atoms with Crippen molar-refractivity contribution in [3.63, 3.8) is 0 Å². The van der Waals surface area contributed by atoms with Gasteiger partial charge in [0.05, 0.1) is 12.7 Å². The smallest absolute Gasteiger partial charge is 0.122 e. The van der Waals surface area contributed by atoms with Gasteiger partial charge in [-0.1, -0.05) is 37.5 Å². The van der Waals surface area contributed by atoms with Crippen molar-refractivity contribution in [1.82, 2.24) is 0 Å². The molecular formula is C14H21ClN2O. The molecule has 100 valence electrons. The van der Waals surface area contributed by atoms with Crippen LogP contribution in [0.2, 0.25) is 0 Å². The molecule has 4 heteroatoms. The van der Waals surface area contributed by atoms with Crippen molar-refractivity contribution in [1.29, 1.82) is 5.41 Å². The van der Waals surface area contributed by atoms with Gasteiger partial charge in [-0.15, -0.1) is 12.4 Å². The first-order valence-electron chi connectivity index (χ1n) is 6.30. The zero-order valence-electron chi connectivity index (χ0n) is 10.5. The van der Waals surface area contributed by atoms with Gasteiger partial charge < -0.3 is 10.5 Å². The SMILES string of the molecule is Cl.N=C(N)c1cccc(COC2CCCCC2)c1. The van der Waals surface area contributed by atoms with E-state index < -0.39 is 0 Å². The Morgan fingerprint density at radius 3 is 2.67 bits per heavy atom. The standard InChI is InChI=1S/C14H20N2O.ClH/c15-14(16)12-6-4-5-11(9-12)10-17-13-7-2-1-3-8-13;/h4-6,9,13H,1-3,7-8,10H2,(H3,15,16);1H. The third-order valence-corrected chi connectivity index (χ3v) is 3.28. The zero-order valence-corrected chi connectivity index (χ0v) is 11.3. The molecule has 18 heavy (non-hydrogen) atoms. The molecule has 0 aromatic heterocycles. The molecule has 0 spiro atoms. The number of hydrogen-bond acceptors (Lipinski definition) is 2. The Morgan fingerprint density at radius 2 is 2.00 bits per heavy atom. The number of rotatable bonds is 4. The molecule has 1 saturated carbocycles. The van der Waals surface area contributed by atoms with Crippen molar-refractivity contribution in [2.45, 2.75) is 44.8 Å². The summed E-state index contributed by atoms with van der Waals surface area (Å²) in [6.45, 7) is 0.631. The van der Waals surface area contributed by atoms with Crippen LogP contribution in [0.15, 0.2) is 24.3 Å². The van der Waals surface area contributed by atoms with Crippen LogP contribution in [0.1, 0.15) is 43.2 Å². The Kier molecular flexibility index (Phi) is 6.16. The molecule has 1 fully saturated rings. The fraction of sp³-hybridized carbons (Fsp3) is 0.500. The van der Waals surface area contributed by atoms with Crippen LogP contribution in [0, 0.1) is 5.41 Å². The summed E-state index contributed by atoms with van der Waals surface area (Å²) in [5, 5.41) is 7.40. The molecule has 0 radical (unpaired) electrons. The van der Waals surface area contributed by atoms with Gasteiger partial charge in [0.15, 0.2) is 0 Å². The second kappa shape index (κ2) is 7.39. The maximum Gasteiger partial charge on any atom is 0.122 e. The fourth-order valence-corrected chi connectivity index (χ4v) is 2.27. The third kappa shape index (κ3) is 4.31. The minimum Gasteiger partial charge on any atom is -0.384 e. The van der Waals surface area contributed by atoms with Gasteiger partial charge >= 0.3 is 0 Å². The van der Waals surface area contributed by atoms with Crippen molar-refractivity contribution in [2.24, 2.45) is 5.73 Å². The van der Waals surface area contributed by atoms with Crippen molar-refractivity contribution in [3.8, 4) is 0 Å². The lowest BCUT2D eigenvalue weighted by atomic mass is 9.98. The summed E-state index contributed by atoms with van der Waals surface area (Å²) >= 11 is 0. The highest BCUT2D eigenvalue weighted by Gasteiger charge is 2.13. The monoisotopic (exact) mass is 268 g/mol. The number of nitrogens with two attached hydrogens (primary N) is 1. The molecule has 0 amide bonds. The minimum atomic E-state index is 0. The summed E-state index contributed by atoms with van der Waals surface area (Å²) in [6, 6.07) is 7.74. The van der Waals surface area contributed by atoms with E-state index in [2.05, 4.69) is 0 Å². The number of amidine groups is 1. The topological polar surface area (TPSA) is 59.1 Å². The normalized spacial score (nSPS) is 16.0. The summed E-state index contributed by atoms with van der Waals surface area (Å²) in [7, 11) is 0. The van der Waals surface area contributed by atoms with E-state index in [-0.39, 0.29) is 18.2 Å². The molecule has 2 rings (SSSR count). The fourth-order valence-electron chi connectivity index (χ4n) is 2.27. The van der Waals surface area contributed by atoms with E-state index in [0.29, 0.717) is 12.7 Å². The van der Waals surface area contributed by atoms with Crippen molar-refractivity contribution in [3.05, 3.63) is 35.4 Å². The van der Waals surface area contributed by atoms with Crippen LogP contribution in [-0.2, 0) is 11.3 Å². The van der Waals surface area contributed by atoms with Gasteiger partial charge in [-0.05, 0) is 24.5 Å². The quantitative estimate of drug-likeness (QED) is 0.651. The van der Waals surface area contributed by atoms with Gasteiger partial charge in [0.2, 0.25) is 0 Å². The van der Waals surface area contributed by atoms with Gasteiger partial charge in [0.25, 0.3) is 0 Å². The van der Waals surface area contributed by atoms with Gasteiger partial charge in [0, 0.05) is 5.56 Å². The zero-order chi connectivity index (χ0) is 12.1. The van der Waals surface area contributed by atoms with Crippen LogP contribution < -0.4 is 5.73 Å². The second-order valence-electron chi connectivity index (χ2n) is 4.69. The van der Waals surface area contributed by atoms with Crippen LogP contribution in [0.25, 0.3) is 0 Å². The number of ether oxygens (including phenoxy) is 1. The van der Waals surface area contributed by atoms with E-state index in [0.717, 1.165) is 11.1 Å². The first kappa shape index (κ1) is 15.0. The Hall–Kier alpha value is -1.06. The number of nitrogen functional groups attached to an aromatic ring is 1. The highest BCUT2D eigenvalue weighted by molar-refractivity contribution is 5.95. The molecule has 0 aliphatic heterocycles. The highest BCUT2D eigenvalue weighted by Crippen LogP contribution is 2.21. The van der Waals surface area contributed by atoms with Crippen LogP contribution in [0.5, 0.6) is 0 Å². The summed E-state index contributed by atoms with van der Waals surface area (Å²) < 4.78 is 5.89. The maximum absolute atomic E-state index is 7.40. The Morgan fingerprint density at radius 1 is 1.28 bits per heavy atom. The minimum absolute atomic E-state index is 0. The lowest BCUT2D eigenvalue weighted by Gasteiger charge is -2.22. The van der Waals surface area contributed by atoms with Crippen LogP contribution in [0.3, 0.4) is 0 Å². The Bertz CT molecular complexity index is 389. The van der Waals surface area contributed by atoms with E-state index in [4.69, 9.17) is 15.9 Å². The molecule has 0 bridgehead atoms. The van der Waals surface area contributed by atoms with Crippen LogP contribution in [-0.4, -0.2) is 11.9 Å². The third-order valence-electron chi connectivity index (χ3n) is 3.28. The molecule has 3 nitrogen and oxygen atoms in total. The van der Waals surface area contributed by atoms with Gasteiger partial charge in [-0.3, -0.25) is 5.41 Å². The van der Waals surface area contributed by atoms with E-state index >= 15 is 0 Å². The summed E-state index contributed by atoms with van der Waals surface area (Å²) in [4.78, 5) is 0. The number of nitrogens with one attached hydrogen (secondary N) is 1. The summed E-state index contributed by atoms with van der Waals surface area (Å²) in [5.41, 5.74) is 7.34. The maximum atomic E-state index is 7.40. The van der Waals surface area contributed by atoms with E-state index in [1.807, 2.05) is 24.3 Å². The average molecular weight is 269 g/mol. The molecule has 1 aliphatic rings. The average Bonchev–Trinajstić information content (AvgIpc) is 2.38. The van der Waals surface area contributed by atoms with E-state index in [1.165, 1.54) is 32.1 Å². The van der Waals surface area contributed by atoms with Gasteiger partial charge in [-0.25, -0.2) is 0 Å². The molecule has 1 aliphatic carbocycles. The largest absolute Gasteiger partial charge is 0.384 e. The molecule has 1 aromatic carbocycles. The van der Waals surface area contributed by atoms with Gasteiger partial charge in [0.1, 0.15) is 5.84 Å². The molecular weight excluding hydrogens is 248 g/mol. The first-order chi connectivity index (χ1) is 8.25. The molecule has 0 atom stereocenters. The van der Waals surface area contributed by atoms with Crippen LogP contribution >= 0.6 is 12.4 Å². The molecule has 3 N–H and O–H groups in total. The predicted molar refractivity (Wildman–Crippen MR) is 76.4 cm³/mol. The molecule has 0 saturated heterocycles. The lowest BCUT2D eigenvalue weighted by Crippen LogP contribution is -2.16. The number of halogens is 1. The number of hydrogen-bond donors (Lipinski definition) is 2. The Labute approximate surface area is 115 Å². The first-order valence-corrected chi connectivity index (χ1v) is 6.30. The van der Waals surface area contributed by atoms with Crippen molar-refractivity contribution < 1.29 is 4.74 Å². The molecule has 1 aromatic rings. The van der Waals surface area contributed by atoms with E-state index in [9.17, 15) is 0 Å². The summed E-state index contributed by atoms with van der Waals surface area (Å²) in [6.07, 6.45) is 6.72. The molecule has 0 unspecified atom stereocenters. The number of benzene rings is 1. The van der Waals surface area contributed by atoms with Crippen molar-refractivity contribution in [2.75, 3.05) is 0 Å². The molecule has 0 heterocycles. The summed E-state index contributed by atoms with van der Waals surface area (Å²) in [5.74, 6) is 0.115. The second-order valence-corrected chi connectivity index (χ2v) is 4.69. The lowest BCUT2D eigenvalue weighted by molar-refractivity contribution is 0.0169. The van der Waals surface area contributed by atoms with Gasteiger partial charge in [-0.2, -0.15) is 0 Å². The van der Waals surface area contributed by atoms with E-state index in [1.54, 1.807) is 0 Å². The van der Waals surface area contributed by atoms with Crippen LogP contribution in [0.4, 0.5) is 0 Å². The Balaban J connectivity index is 0.00000162. The van der Waals surface area contributed by atoms with Crippen molar-refractivity contribution >= 4 is 18.2 Å².